The average molecular weight is 278 g/mol. The first kappa shape index (κ1) is 12.5. The van der Waals surface area contributed by atoms with E-state index < -0.39 is 21.3 Å². The van der Waals surface area contributed by atoms with Crippen LogP contribution < -0.4 is 0 Å². The lowest BCUT2D eigenvalue weighted by molar-refractivity contribution is -0.0219. The summed E-state index contributed by atoms with van der Waals surface area (Å²) >= 11 is 0. The fourth-order valence-corrected chi connectivity index (χ4v) is 4.80. The zero-order chi connectivity index (χ0) is 13.1. The highest BCUT2D eigenvalue weighted by Gasteiger charge is 2.57. The Morgan fingerprint density at radius 3 is 2.28 bits per heavy atom. The Balaban J connectivity index is 1.81. The van der Waals surface area contributed by atoms with Crippen molar-refractivity contribution in [2.45, 2.75) is 30.9 Å². The molecule has 0 saturated heterocycles. The van der Waals surface area contributed by atoms with Crippen molar-refractivity contribution in [2.75, 3.05) is 0 Å². The van der Waals surface area contributed by atoms with Crippen molar-refractivity contribution in [1.82, 2.24) is 0 Å². The van der Waals surface area contributed by atoms with Gasteiger partial charge in [-0.1, -0.05) is 12.2 Å². The Morgan fingerprint density at radius 1 is 1.06 bits per heavy atom. The Morgan fingerprint density at radius 2 is 1.67 bits per heavy atom. The molecule has 0 amide bonds. The monoisotopic (exact) mass is 278 g/mol. The van der Waals surface area contributed by atoms with E-state index in [0.29, 0.717) is 24.2 Å². The molecule has 0 spiro atoms. The molecule has 0 heterocycles. The van der Waals surface area contributed by atoms with Crippen LogP contribution in [0, 0.1) is 29.6 Å². The standard InChI is InChI=1S/C12H16F2O3S/c13-12(14,18(15,16)17)9-3-4-10-7-1-2-8(5-7)11(10)6-9/h1-2,7-11H,3-6H2,(H,15,16,17). The maximum Gasteiger partial charge on any atom is 0.372 e. The molecule has 0 aliphatic heterocycles. The van der Waals surface area contributed by atoms with Gasteiger partial charge in [-0.3, -0.25) is 4.55 Å². The van der Waals surface area contributed by atoms with Crippen LogP contribution in [0.2, 0.25) is 0 Å². The van der Waals surface area contributed by atoms with Gasteiger partial charge in [-0.2, -0.15) is 17.2 Å². The first-order chi connectivity index (χ1) is 8.30. The minimum atomic E-state index is -5.30. The van der Waals surface area contributed by atoms with Gasteiger partial charge >= 0.3 is 15.4 Å². The van der Waals surface area contributed by atoms with Crippen molar-refractivity contribution in [3.8, 4) is 0 Å². The predicted octanol–water partition coefficient (Wildman–Crippen LogP) is 2.71. The van der Waals surface area contributed by atoms with E-state index in [-0.39, 0.29) is 18.8 Å². The quantitative estimate of drug-likeness (QED) is 0.624. The highest BCUT2D eigenvalue weighted by molar-refractivity contribution is 7.86. The zero-order valence-corrected chi connectivity index (χ0v) is 10.6. The molecule has 0 aromatic heterocycles. The molecule has 18 heavy (non-hydrogen) atoms. The van der Waals surface area contributed by atoms with E-state index in [9.17, 15) is 17.2 Å². The molecule has 3 aliphatic rings. The zero-order valence-electron chi connectivity index (χ0n) is 9.80. The number of hydrogen-bond acceptors (Lipinski definition) is 2. The number of hydrogen-bond donors (Lipinski definition) is 1. The molecule has 3 nitrogen and oxygen atoms in total. The summed E-state index contributed by atoms with van der Waals surface area (Å²) in [6.07, 6.45) is 6.33. The molecule has 6 heteroatoms. The molecule has 5 atom stereocenters. The van der Waals surface area contributed by atoms with E-state index in [1.807, 2.05) is 0 Å². The van der Waals surface area contributed by atoms with Crippen LogP contribution in [0.3, 0.4) is 0 Å². The lowest BCUT2D eigenvalue weighted by atomic mass is 9.69. The van der Waals surface area contributed by atoms with Gasteiger partial charge in [0.1, 0.15) is 0 Å². The molecule has 2 saturated carbocycles. The number of alkyl halides is 2. The summed E-state index contributed by atoms with van der Waals surface area (Å²) in [5.74, 6) is 0.210. The van der Waals surface area contributed by atoms with Crippen molar-refractivity contribution in [2.24, 2.45) is 29.6 Å². The Labute approximate surface area is 105 Å². The molecular weight excluding hydrogens is 262 g/mol. The first-order valence-corrected chi connectivity index (χ1v) is 7.78. The lowest BCUT2D eigenvalue weighted by Gasteiger charge is -2.38. The molecular formula is C12H16F2O3S. The van der Waals surface area contributed by atoms with Crippen LogP contribution >= 0.6 is 0 Å². The second-order valence-corrected chi connectivity index (χ2v) is 7.32. The molecule has 3 aliphatic carbocycles. The summed E-state index contributed by atoms with van der Waals surface area (Å²) in [5.41, 5.74) is 0. The van der Waals surface area contributed by atoms with Crippen molar-refractivity contribution < 1.29 is 21.8 Å². The van der Waals surface area contributed by atoms with Crippen LogP contribution in [-0.4, -0.2) is 18.2 Å². The molecule has 0 aromatic carbocycles. The summed E-state index contributed by atoms with van der Waals surface area (Å²) in [7, 11) is -5.30. The van der Waals surface area contributed by atoms with E-state index in [0.717, 1.165) is 6.42 Å². The van der Waals surface area contributed by atoms with Crippen LogP contribution in [-0.2, 0) is 10.1 Å². The third kappa shape index (κ3) is 1.65. The summed E-state index contributed by atoms with van der Waals surface area (Å²) in [6, 6.07) is 0. The molecule has 0 radical (unpaired) electrons. The van der Waals surface area contributed by atoms with E-state index in [2.05, 4.69) is 12.2 Å². The van der Waals surface area contributed by atoms with E-state index in [1.165, 1.54) is 0 Å². The maximum atomic E-state index is 13.7. The van der Waals surface area contributed by atoms with Gasteiger partial charge in [0.05, 0.1) is 0 Å². The molecule has 5 unspecified atom stereocenters. The third-order valence-corrected chi connectivity index (χ3v) is 6.05. The molecule has 3 rings (SSSR count). The van der Waals surface area contributed by atoms with Gasteiger partial charge in [-0.25, -0.2) is 0 Å². The first-order valence-electron chi connectivity index (χ1n) is 6.34. The SMILES string of the molecule is O=S(=O)(O)C(F)(F)C1CCC2C3C=CC(C3)C2C1. The molecule has 2 bridgehead atoms. The van der Waals surface area contributed by atoms with Gasteiger partial charge in [0, 0.05) is 5.92 Å². The van der Waals surface area contributed by atoms with Gasteiger partial charge in [-0.15, -0.1) is 0 Å². The van der Waals surface area contributed by atoms with Crippen LogP contribution in [0.15, 0.2) is 12.2 Å². The smallest absolute Gasteiger partial charge is 0.281 e. The minimum Gasteiger partial charge on any atom is -0.281 e. The summed E-state index contributed by atoms with van der Waals surface area (Å²) in [4.78, 5) is 0. The van der Waals surface area contributed by atoms with E-state index in [1.54, 1.807) is 0 Å². The molecule has 102 valence electrons. The van der Waals surface area contributed by atoms with Gasteiger partial charge in [0.15, 0.2) is 0 Å². The van der Waals surface area contributed by atoms with E-state index in [4.69, 9.17) is 4.55 Å². The largest absolute Gasteiger partial charge is 0.372 e. The molecule has 1 N–H and O–H groups in total. The summed E-state index contributed by atoms with van der Waals surface area (Å²) in [5, 5.41) is -4.00. The highest BCUT2D eigenvalue weighted by atomic mass is 32.2. The fraction of sp³-hybridized carbons (Fsp3) is 0.833. The number of halogens is 2. The van der Waals surface area contributed by atoms with Crippen LogP contribution in [0.5, 0.6) is 0 Å². The number of fused-ring (bicyclic) bond motifs is 5. The number of rotatable bonds is 2. The van der Waals surface area contributed by atoms with Gasteiger partial charge in [-0.05, 0) is 49.4 Å². The van der Waals surface area contributed by atoms with Crippen molar-refractivity contribution in [3.05, 3.63) is 12.2 Å². The Bertz CT molecular complexity index is 486. The predicted molar refractivity (Wildman–Crippen MR) is 61.6 cm³/mol. The van der Waals surface area contributed by atoms with Crippen LogP contribution in [0.4, 0.5) is 8.78 Å². The van der Waals surface area contributed by atoms with Gasteiger partial charge < -0.3 is 0 Å². The third-order valence-electron chi connectivity index (χ3n) is 5.02. The lowest BCUT2D eigenvalue weighted by Crippen LogP contribution is -2.42. The van der Waals surface area contributed by atoms with E-state index >= 15 is 0 Å². The second-order valence-electron chi connectivity index (χ2n) is 5.82. The minimum absolute atomic E-state index is 0.173. The fourth-order valence-electron chi connectivity index (χ4n) is 4.16. The average Bonchev–Trinajstić information content (AvgIpc) is 2.87. The van der Waals surface area contributed by atoms with Gasteiger partial charge in [0.2, 0.25) is 0 Å². The Kier molecular flexibility index (Phi) is 2.62. The Hall–Kier alpha value is -0.490. The highest BCUT2D eigenvalue weighted by Crippen LogP contribution is 2.57. The topological polar surface area (TPSA) is 54.4 Å². The second kappa shape index (κ2) is 3.76. The van der Waals surface area contributed by atoms with Gasteiger partial charge in [0.25, 0.3) is 0 Å². The maximum absolute atomic E-state index is 13.7. The summed E-state index contributed by atoms with van der Waals surface area (Å²) in [6.45, 7) is 0. The molecule has 2 fully saturated rings. The van der Waals surface area contributed by atoms with Crippen LogP contribution in [0.1, 0.15) is 25.7 Å². The van der Waals surface area contributed by atoms with Crippen molar-refractivity contribution in [1.29, 1.82) is 0 Å². The summed E-state index contributed by atoms with van der Waals surface area (Å²) < 4.78 is 57.6. The molecule has 0 aromatic rings. The van der Waals surface area contributed by atoms with Crippen LogP contribution in [0.25, 0.3) is 0 Å². The van der Waals surface area contributed by atoms with Crippen molar-refractivity contribution >= 4 is 10.1 Å². The van der Waals surface area contributed by atoms with Crippen molar-refractivity contribution in [3.63, 3.8) is 0 Å². The normalized spacial score (nSPS) is 43.2. The number of allylic oxidation sites excluding steroid dienone is 2.